The van der Waals surface area contributed by atoms with Crippen LogP contribution < -0.4 is 4.74 Å². The van der Waals surface area contributed by atoms with Crippen LogP contribution in [0.2, 0.25) is 0 Å². The molecule has 0 radical (unpaired) electrons. The van der Waals surface area contributed by atoms with Crippen molar-refractivity contribution in [2.45, 2.75) is 45.1 Å². The van der Waals surface area contributed by atoms with Gasteiger partial charge in [-0.2, -0.15) is 0 Å². The standard InChI is InChI=1S/C19H21ClO/c1-12-4-5-15(8-13(12)2)10-18(20)16-6-7-19-17(11-16)9-14(3)21-19/h4-8,11,14,18H,9-10H2,1-3H3. The first kappa shape index (κ1) is 14.5. The summed E-state index contributed by atoms with van der Waals surface area (Å²) in [5.74, 6) is 1.02. The summed E-state index contributed by atoms with van der Waals surface area (Å²) in [6.45, 7) is 6.39. The smallest absolute Gasteiger partial charge is 0.123 e. The topological polar surface area (TPSA) is 9.23 Å². The second-order valence-corrected chi connectivity index (χ2v) is 6.62. The summed E-state index contributed by atoms with van der Waals surface area (Å²) in [4.78, 5) is 0. The maximum absolute atomic E-state index is 6.63. The number of fused-ring (bicyclic) bond motifs is 1. The lowest BCUT2D eigenvalue weighted by molar-refractivity contribution is 0.254. The van der Waals surface area contributed by atoms with E-state index in [-0.39, 0.29) is 11.5 Å². The van der Waals surface area contributed by atoms with E-state index in [2.05, 4.69) is 57.2 Å². The van der Waals surface area contributed by atoms with Crippen molar-refractivity contribution in [3.8, 4) is 5.75 Å². The van der Waals surface area contributed by atoms with Crippen molar-refractivity contribution in [3.63, 3.8) is 0 Å². The number of aryl methyl sites for hydroxylation is 2. The molecule has 1 aliphatic rings. The molecular formula is C19H21ClO. The zero-order valence-corrected chi connectivity index (χ0v) is 13.6. The molecule has 2 aromatic rings. The number of ether oxygens (including phenoxy) is 1. The van der Waals surface area contributed by atoms with Crippen LogP contribution in [0.3, 0.4) is 0 Å². The quantitative estimate of drug-likeness (QED) is 0.712. The maximum atomic E-state index is 6.63. The lowest BCUT2D eigenvalue weighted by Gasteiger charge is -2.12. The zero-order chi connectivity index (χ0) is 15.0. The Morgan fingerprint density at radius 3 is 2.71 bits per heavy atom. The molecule has 3 rings (SSSR count). The van der Waals surface area contributed by atoms with Gasteiger partial charge in [0.1, 0.15) is 11.9 Å². The fraction of sp³-hybridized carbons (Fsp3) is 0.368. The summed E-state index contributed by atoms with van der Waals surface area (Å²) in [5, 5.41) is 0.00770. The van der Waals surface area contributed by atoms with Crippen LogP contribution in [0.25, 0.3) is 0 Å². The van der Waals surface area contributed by atoms with Gasteiger partial charge in [-0.1, -0.05) is 30.3 Å². The van der Waals surface area contributed by atoms with E-state index in [1.165, 1.54) is 27.8 Å². The van der Waals surface area contributed by atoms with E-state index in [0.29, 0.717) is 0 Å². The van der Waals surface area contributed by atoms with Gasteiger partial charge in [0.05, 0.1) is 5.38 Å². The van der Waals surface area contributed by atoms with Crippen LogP contribution in [0, 0.1) is 13.8 Å². The van der Waals surface area contributed by atoms with Gasteiger partial charge in [-0.3, -0.25) is 0 Å². The highest BCUT2D eigenvalue weighted by Gasteiger charge is 2.20. The van der Waals surface area contributed by atoms with Crippen molar-refractivity contribution in [3.05, 3.63) is 64.2 Å². The Morgan fingerprint density at radius 1 is 1.14 bits per heavy atom. The fourth-order valence-electron chi connectivity index (χ4n) is 2.89. The minimum Gasteiger partial charge on any atom is -0.490 e. The highest BCUT2D eigenvalue weighted by Crippen LogP contribution is 2.34. The molecule has 2 atom stereocenters. The molecule has 0 aromatic heterocycles. The molecule has 1 heterocycles. The highest BCUT2D eigenvalue weighted by molar-refractivity contribution is 6.20. The average molecular weight is 301 g/mol. The lowest BCUT2D eigenvalue weighted by Crippen LogP contribution is -2.05. The lowest BCUT2D eigenvalue weighted by atomic mass is 9.98. The van der Waals surface area contributed by atoms with Crippen molar-refractivity contribution in [1.29, 1.82) is 0 Å². The zero-order valence-electron chi connectivity index (χ0n) is 12.8. The summed E-state index contributed by atoms with van der Waals surface area (Å²) in [6.07, 6.45) is 2.12. The van der Waals surface area contributed by atoms with Gasteiger partial charge in [0.25, 0.3) is 0 Å². The van der Waals surface area contributed by atoms with Crippen LogP contribution in [0.4, 0.5) is 0 Å². The molecular weight excluding hydrogens is 280 g/mol. The van der Waals surface area contributed by atoms with Gasteiger partial charge in [0.2, 0.25) is 0 Å². The van der Waals surface area contributed by atoms with Gasteiger partial charge in [0.15, 0.2) is 0 Å². The van der Waals surface area contributed by atoms with Crippen molar-refractivity contribution in [2.75, 3.05) is 0 Å². The summed E-state index contributed by atoms with van der Waals surface area (Å²) < 4.78 is 5.75. The summed E-state index contributed by atoms with van der Waals surface area (Å²) in [7, 11) is 0. The van der Waals surface area contributed by atoms with Crippen molar-refractivity contribution < 1.29 is 4.74 Å². The maximum Gasteiger partial charge on any atom is 0.123 e. The van der Waals surface area contributed by atoms with Gasteiger partial charge >= 0.3 is 0 Å². The number of halogens is 1. The Balaban J connectivity index is 1.78. The van der Waals surface area contributed by atoms with E-state index in [1.54, 1.807) is 0 Å². The first-order valence-corrected chi connectivity index (χ1v) is 7.96. The molecule has 0 fully saturated rings. The number of alkyl halides is 1. The molecule has 0 spiro atoms. The van der Waals surface area contributed by atoms with Gasteiger partial charge in [-0.05, 0) is 61.1 Å². The minimum atomic E-state index is 0.00770. The third kappa shape index (κ3) is 3.08. The number of hydrogen-bond acceptors (Lipinski definition) is 1. The third-order valence-corrected chi connectivity index (χ3v) is 4.67. The third-order valence-electron chi connectivity index (χ3n) is 4.27. The predicted octanol–water partition coefficient (Wildman–Crippen LogP) is 5.15. The van der Waals surface area contributed by atoms with Crippen molar-refractivity contribution in [1.82, 2.24) is 0 Å². The summed E-state index contributed by atoms with van der Waals surface area (Å²) in [5.41, 5.74) is 6.42. The van der Waals surface area contributed by atoms with Crippen LogP contribution in [0.1, 0.15) is 40.1 Å². The minimum absolute atomic E-state index is 0.00770. The van der Waals surface area contributed by atoms with Crippen LogP contribution in [0.5, 0.6) is 5.75 Å². The van der Waals surface area contributed by atoms with Crippen LogP contribution in [-0.2, 0) is 12.8 Å². The fourth-order valence-corrected chi connectivity index (χ4v) is 3.21. The first-order valence-electron chi connectivity index (χ1n) is 7.52. The van der Waals surface area contributed by atoms with Crippen molar-refractivity contribution >= 4 is 11.6 Å². The molecule has 110 valence electrons. The predicted molar refractivity (Wildman–Crippen MR) is 88.5 cm³/mol. The molecule has 1 aliphatic heterocycles. The second kappa shape index (κ2) is 5.73. The van der Waals surface area contributed by atoms with Crippen LogP contribution in [-0.4, -0.2) is 6.10 Å². The molecule has 21 heavy (non-hydrogen) atoms. The van der Waals surface area contributed by atoms with E-state index < -0.39 is 0 Å². The van der Waals surface area contributed by atoms with Gasteiger partial charge in [-0.25, -0.2) is 0 Å². The largest absolute Gasteiger partial charge is 0.490 e. The van der Waals surface area contributed by atoms with Gasteiger partial charge in [-0.15, -0.1) is 11.6 Å². The molecule has 2 unspecified atom stereocenters. The SMILES string of the molecule is Cc1ccc(CC(Cl)c2ccc3c(c2)CC(C)O3)cc1C. The van der Waals surface area contributed by atoms with Gasteiger partial charge < -0.3 is 4.74 Å². The molecule has 2 aromatic carbocycles. The highest BCUT2D eigenvalue weighted by atomic mass is 35.5. The van der Waals surface area contributed by atoms with E-state index in [1.807, 2.05) is 0 Å². The summed E-state index contributed by atoms with van der Waals surface area (Å²) >= 11 is 6.63. The Labute approximate surface area is 131 Å². The van der Waals surface area contributed by atoms with E-state index >= 15 is 0 Å². The Kier molecular flexibility index (Phi) is 3.95. The average Bonchev–Trinajstić information content (AvgIpc) is 2.82. The van der Waals surface area contributed by atoms with Crippen LogP contribution in [0.15, 0.2) is 36.4 Å². The normalized spacial score (nSPS) is 18.2. The Morgan fingerprint density at radius 2 is 1.95 bits per heavy atom. The second-order valence-electron chi connectivity index (χ2n) is 6.09. The van der Waals surface area contributed by atoms with E-state index in [4.69, 9.17) is 16.3 Å². The summed E-state index contributed by atoms with van der Waals surface area (Å²) in [6, 6.07) is 12.9. The van der Waals surface area contributed by atoms with Crippen molar-refractivity contribution in [2.24, 2.45) is 0 Å². The monoisotopic (exact) mass is 300 g/mol. The number of hydrogen-bond donors (Lipinski definition) is 0. The first-order chi connectivity index (χ1) is 10.0. The molecule has 0 bridgehead atoms. The molecule has 0 amide bonds. The van der Waals surface area contributed by atoms with Gasteiger partial charge in [0, 0.05) is 6.42 Å². The Bertz CT molecular complexity index is 663. The molecule has 0 aliphatic carbocycles. The van der Waals surface area contributed by atoms with E-state index in [9.17, 15) is 0 Å². The molecule has 0 N–H and O–H groups in total. The molecule has 0 saturated heterocycles. The number of rotatable bonds is 3. The number of benzene rings is 2. The van der Waals surface area contributed by atoms with Crippen LogP contribution >= 0.6 is 11.6 Å². The molecule has 2 heteroatoms. The van der Waals surface area contributed by atoms with E-state index in [0.717, 1.165) is 18.6 Å². The molecule has 1 nitrogen and oxygen atoms in total. The molecule has 0 saturated carbocycles. The Hall–Kier alpha value is -1.47.